The number of hydrogen-bond acceptors (Lipinski definition) is 4. The summed E-state index contributed by atoms with van der Waals surface area (Å²) in [7, 11) is 0. The SMILES string of the molecule is CC[C@@H]1CNCCN1C(=O)OCc1c(F)ccc(OCc2ccccc2)c1F.Cl. The Morgan fingerprint density at radius 2 is 1.93 bits per heavy atom. The van der Waals surface area contributed by atoms with E-state index in [2.05, 4.69) is 5.32 Å². The van der Waals surface area contributed by atoms with Crippen molar-refractivity contribution >= 4 is 18.5 Å². The van der Waals surface area contributed by atoms with Gasteiger partial charge < -0.3 is 19.7 Å². The van der Waals surface area contributed by atoms with Gasteiger partial charge in [0, 0.05) is 25.7 Å². The summed E-state index contributed by atoms with van der Waals surface area (Å²) >= 11 is 0. The van der Waals surface area contributed by atoms with E-state index in [1.54, 1.807) is 4.90 Å². The van der Waals surface area contributed by atoms with Crippen molar-refractivity contribution in [2.75, 3.05) is 19.6 Å². The Morgan fingerprint density at radius 3 is 2.66 bits per heavy atom. The van der Waals surface area contributed by atoms with Crippen LogP contribution in [0.2, 0.25) is 0 Å². The summed E-state index contributed by atoms with van der Waals surface area (Å²) in [5.41, 5.74) is 0.547. The molecule has 158 valence electrons. The zero-order valence-corrected chi connectivity index (χ0v) is 17.0. The first-order valence-corrected chi connectivity index (χ1v) is 9.37. The number of ether oxygens (including phenoxy) is 2. The van der Waals surface area contributed by atoms with E-state index < -0.39 is 24.3 Å². The molecule has 0 unspecified atom stereocenters. The highest BCUT2D eigenvalue weighted by Gasteiger charge is 2.27. The van der Waals surface area contributed by atoms with Crippen LogP contribution >= 0.6 is 12.4 Å². The average Bonchev–Trinajstić information content (AvgIpc) is 2.73. The van der Waals surface area contributed by atoms with Crippen LogP contribution in [0.25, 0.3) is 0 Å². The van der Waals surface area contributed by atoms with Gasteiger partial charge in [-0.15, -0.1) is 12.4 Å². The fourth-order valence-electron chi connectivity index (χ4n) is 3.14. The minimum absolute atomic E-state index is 0. The number of rotatable bonds is 6. The molecule has 1 aliphatic rings. The molecule has 1 amide bonds. The van der Waals surface area contributed by atoms with Gasteiger partial charge in [0.15, 0.2) is 11.6 Å². The highest BCUT2D eigenvalue weighted by atomic mass is 35.5. The molecule has 0 spiro atoms. The van der Waals surface area contributed by atoms with Gasteiger partial charge in [-0.05, 0) is 24.1 Å². The van der Waals surface area contributed by atoms with E-state index in [0.29, 0.717) is 19.6 Å². The predicted octanol–water partition coefficient (Wildman–Crippen LogP) is 4.29. The lowest BCUT2D eigenvalue weighted by Crippen LogP contribution is -2.53. The normalized spacial score (nSPS) is 16.1. The Labute approximate surface area is 175 Å². The smallest absolute Gasteiger partial charge is 0.410 e. The van der Waals surface area contributed by atoms with E-state index in [-0.39, 0.29) is 36.4 Å². The maximum atomic E-state index is 14.7. The van der Waals surface area contributed by atoms with Gasteiger partial charge >= 0.3 is 6.09 Å². The summed E-state index contributed by atoms with van der Waals surface area (Å²) in [5.74, 6) is -1.70. The maximum Gasteiger partial charge on any atom is 0.410 e. The summed E-state index contributed by atoms with van der Waals surface area (Å²) < 4.78 is 39.5. The largest absolute Gasteiger partial charge is 0.486 e. The average molecular weight is 427 g/mol. The van der Waals surface area contributed by atoms with Crippen LogP contribution in [0.3, 0.4) is 0 Å². The van der Waals surface area contributed by atoms with Gasteiger partial charge in [-0.1, -0.05) is 37.3 Å². The fourth-order valence-corrected chi connectivity index (χ4v) is 3.14. The molecule has 1 atom stereocenters. The van der Waals surface area contributed by atoms with Crippen molar-refractivity contribution in [3.63, 3.8) is 0 Å². The zero-order chi connectivity index (χ0) is 19.9. The molecule has 0 aliphatic carbocycles. The van der Waals surface area contributed by atoms with Crippen LogP contribution in [0.4, 0.5) is 13.6 Å². The first kappa shape index (κ1) is 22.9. The first-order chi connectivity index (χ1) is 13.6. The molecule has 0 saturated carbocycles. The molecular weight excluding hydrogens is 402 g/mol. The topological polar surface area (TPSA) is 50.8 Å². The second kappa shape index (κ2) is 11.0. The van der Waals surface area contributed by atoms with Crippen molar-refractivity contribution in [3.8, 4) is 5.75 Å². The van der Waals surface area contributed by atoms with Crippen molar-refractivity contribution in [1.82, 2.24) is 10.2 Å². The lowest BCUT2D eigenvalue weighted by Gasteiger charge is -2.34. The Morgan fingerprint density at radius 1 is 1.17 bits per heavy atom. The van der Waals surface area contributed by atoms with Crippen molar-refractivity contribution in [2.24, 2.45) is 0 Å². The molecular formula is C21H25ClF2N2O3. The lowest BCUT2D eigenvalue weighted by molar-refractivity contribution is 0.0697. The van der Waals surface area contributed by atoms with Crippen LogP contribution in [-0.4, -0.2) is 36.7 Å². The van der Waals surface area contributed by atoms with Crippen LogP contribution in [0, 0.1) is 11.6 Å². The summed E-state index contributed by atoms with van der Waals surface area (Å²) in [6, 6.07) is 11.6. The molecule has 2 aromatic carbocycles. The number of nitrogens with zero attached hydrogens (tertiary/aromatic N) is 1. The second-order valence-electron chi connectivity index (χ2n) is 6.63. The van der Waals surface area contributed by atoms with Gasteiger partial charge in [-0.25, -0.2) is 13.6 Å². The molecule has 5 nitrogen and oxygen atoms in total. The number of hydrogen-bond donors (Lipinski definition) is 1. The Hall–Kier alpha value is -2.38. The van der Waals surface area contributed by atoms with Crippen molar-refractivity contribution in [1.29, 1.82) is 0 Å². The number of carbonyl (C=O) groups is 1. The third-order valence-corrected chi connectivity index (χ3v) is 4.78. The number of amides is 1. The minimum atomic E-state index is -0.851. The number of nitrogens with one attached hydrogen (secondary N) is 1. The maximum absolute atomic E-state index is 14.7. The van der Waals surface area contributed by atoms with Crippen molar-refractivity contribution in [3.05, 3.63) is 65.2 Å². The Balaban J connectivity index is 0.00000300. The molecule has 1 saturated heterocycles. The van der Waals surface area contributed by atoms with E-state index in [1.807, 2.05) is 37.3 Å². The predicted molar refractivity (Wildman–Crippen MR) is 108 cm³/mol. The summed E-state index contributed by atoms with van der Waals surface area (Å²) in [5, 5.41) is 3.21. The van der Waals surface area contributed by atoms with Gasteiger partial charge in [0.05, 0.1) is 5.56 Å². The van der Waals surface area contributed by atoms with Gasteiger partial charge in [0.2, 0.25) is 0 Å². The highest BCUT2D eigenvalue weighted by Crippen LogP contribution is 2.25. The molecule has 0 radical (unpaired) electrons. The number of piperazine rings is 1. The van der Waals surface area contributed by atoms with E-state index in [4.69, 9.17) is 9.47 Å². The third-order valence-electron chi connectivity index (χ3n) is 4.78. The second-order valence-corrected chi connectivity index (χ2v) is 6.63. The summed E-state index contributed by atoms with van der Waals surface area (Å²) in [6.45, 7) is 3.49. The van der Waals surface area contributed by atoms with Crippen molar-refractivity contribution < 1.29 is 23.0 Å². The van der Waals surface area contributed by atoms with Gasteiger partial charge in [-0.3, -0.25) is 0 Å². The minimum Gasteiger partial charge on any atom is -0.486 e. The highest BCUT2D eigenvalue weighted by molar-refractivity contribution is 5.85. The molecule has 2 aromatic rings. The van der Waals surface area contributed by atoms with Gasteiger partial charge in [0.1, 0.15) is 19.0 Å². The van der Waals surface area contributed by atoms with Gasteiger partial charge in [-0.2, -0.15) is 0 Å². The fraction of sp³-hybridized carbons (Fsp3) is 0.381. The van der Waals surface area contributed by atoms with E-state index in [9.17, 15) is 13.6 Å². The van der Waals surface area contributed by atoms with Crippen LogP contribution in [-0.2, 0) is 18.0 Å². The monoisotopic (exact) mass is 426 g/mol. The van der Waals surface area contributed by atoms with Crippen molar-refractivity contribution in [2.45, 2.75) is 32.6 Å². The molecule has 0 bridgehead atoms. The van der Waals surface area contributed by atoms with Crippen LogP contribution in [0.15, 0.2) is 42.5 Å². The molecule has 29 heavy (non-hydrogen) atoms. The Bertz CT molecular complexity index is 808. The van der Waals surface area contributed by atoms with E-state index in [1.165, 1.54) is 6.07 Å². The standard InChI is InChI=1S/C21H24F2N2O3.ClH/c1-2-16-12-24-10-11-25(16)21(26)28-14-17-18(22)8-9-19(20(17)23)27-13-15-6-4-3-5-7-15;/h3-9,16,24H,2,10-14H2,1H3;1H/t16-;/m1./s1. The first-order valence-electron chi connectivity index (χ1n) is 9.37. The van der Waals surface area contributed by atoms with E-state index >= 15 is 0 Å². The van der Waals surface area contributed by atoms with Crippen LogP contribution in [0.1, 0.15) is 24.5 Å². The third kappa shape index (κ3) is 5.81. The Kier molecular flexibility index (Phi) is 8.67. The van der Waals surface area contributed by atoms with E-state index in [0.717, 1.165) is 18.1 Å². The number of benzene rings is 2. The zero-order valence-electron chi connectivity index (χ0n) is 16.2. The molecule has 0 aromatic heterocycles. The molecule has 8 heteroatoms. The van der Waals surface area contributed by atoms with Crippen LogP contribution in [0.5, 0.6) is 5.75 Å². The number of halogens is 3. The number of carbonyl (C=O) groups excluding carboxylic acids is 1. The quantitative estimate of drug-likeness (QED) is 0.748. The molecule has 1 fully saturated rings. The van der Waals surface area contributed by atoms with Crippen LogP contribution < -0.4 is 10.1 Å². The molecule has 3 rings (SSSR count). The lowest BCUT2D eigenvalue weighted by atomic mass is 10.1. The molecule has 1 aliphatic heterocycles. The molecule has 1 heterocycles. The summed E-state index contributed by atoms with van der Waals surface area (Å²) in [6.07, 6.45) is 0.205. The summed E-state index contributed by atoms with van der Waals surface area (Å²) in [4.78, 5) is 14.0. The van der Waals surface area contributed by atoms with Gasteiger partial charge in [0.25, 0.3) is 0 Å². The molecule has 1 N–H and O–H groups in total.